The topological polar surface area (TPSA) is 51.5 Å². The molecule has 5 heteroatoms. The van der Waals surface area contributed by atoms with Crippen molar-refractivity contribution in [1.82, 2.24) is 0 Å². The first-order chi connectivity index (χ1) is 17.4. The summed E-state index contributed by atoms with van der Waals surface area (Å²) in [5.74, 6) is 0.0289. The number of benzene rings is 4. The molecule has 1 aromatic heterocycles. The van der Waals surface area contributed by atoms with Gasteiger partial charge < -0.3 is 14.5 Å². The minimum atomic E-state index is -0.354. The average Bonchev–Trinajstić information content (AvgIpc) is 3.31. The van der Waals surface area contributed by atoms with Crippen molar-refractivity contribution in [2.45, 2.75) is 20.8 Å². The Balaban J connectivity index is 1.58. The van der Waals surface area contributed by atoms with E-state index in [4.69, 9.17) is 9.15 Å². The predicted octanol–water partition coefficient (Wildman–Crippen LogP) is 8.14. The van der Waals surface area contributed by atoms with Gasteiger partial charge in [-0.05, 0) is 79.1 Å². The molecule has 1 heterocycles. The van der Waals surface area contributed by atoms with Crippen molar-refractivity contribution in [3.05, 3.63) is 102 Å². The molecule has 0 spiro atoms. The second-order valence-electron chi connectivity index (χ2n) is 8.72. The molecule has 5 aromatic rings. The highest BCUT2D eigenvalue weighted by atomic mass is 19.1. The van der Waals surface area contributed by atoms with E-state index in [9.17, 15) is 9.18 Å². The Morgan fingerprint density at radius 2 is 1.78 bits per heavy atom. The summed E-state index contributed by atoms with van der Waals surface area (Å²) in [6.45, 7) is 6.25. The number of furan rings is 1. The highest BCUT2D eigenvalue weighted by Gasteiger charge is 2.19. The largest absolute Gasteiger partial charge is 0.493 e. The van der Waals surface area contributed by atoms with Gasteiger partial charge in [-0.3, -0.25) is 4.79 Å². The van der Waals surface area contributed by atoms with Gasteiger partial charge in [0, 0.05) is 33.8 Å². The van der Waals surface area contributed by atoms with Crippen LogP contribution in [-0.4, -0.2) is 12.5 Å². The Bertz CT molecular complexity index is 1610. The molecular weight excluding hydrogens is 453 g/mol. The van der Waals surface area contributed by atoms with Crippen LogP contribution in [0.3, 0.4) is 0 Å². The molecule has 5 rings (SSSR count). The van der Waals surface area contributed by atoms with Gasteiger partial charge in [0.15, 0.2) is 0 Å². The fourth-order valence-corrected chi connectivity index (χ4v) is 4.51. The van der Waals surface area contributed by atoms with Gasteiger partial charge in [-0.1, -0.05) is 36.4 Å². The number of allylic oxidation sites excluding steroid dienone is 1. The molecule has 0 fully saturated rings. The number of halogens is 1. The molecule has 0 saturated carbocycles. The molecule has 0 saturated heterocycles. The predicted molar refractivity (Wildman–Crippen MR) is 144 cm³/mol. The molecule has 4 nitrogen and oxygen atoms in total. The van der Waals surface area contributed by atoms with Crippen LogP contribution in [-0.2, 0) is 4.79 Å². The number of amides is 1. The van der Waals surface area contributed by atoms with Crippen LogP contribution in [0.15, 0.2) is 89.6 Å². The van der Waals surface area contributed by atoms with E-state index in [0.29, 0.717) is 18.0 Å². The lowest BCUT2D eigenvalue weighted by molar-refractivity contribution is -0.111. The molecule has 180 valence electrons. The van der Waals surface area contributed by atoms with Crippen LogP contribution < -0.4 is 10.1 Å². The third-order valence-electron chi connectivity index (χ3n) is 6.28. The second-order valence-corrected chi connectivity index (χ2v) is 8.72. The molecular formula is C31H26FNO3. The van der Waals surface area contributed by atoms with Crippen LogP contribution in [0.25, 0.3) is 38.4 Å². The number of aryl methyl sites for hydroxylation is 1. The van der Waals surface area contributed by atoms with E-state index in [2.05, 4.69) is 35.6 Å². The van der Waals surface area contributed by atoms with E-state index < -0.39 is 0 Å². The molecule has 0 atom stereocenters. The monoisotopic (exact) mass is 479 g/mol. The lowest BCUT2D eigenvalue weighted by atomic mass is 9.95. The van der Waals surface area contributed by atoms with Crippen molar-refractivity contribution in [2.75, 3.05) is 11.9 Å². The molecule has 0 aliphatic heterocycles. The first-order valence-electron chi connectivity index (χ1n) is 11.9. The van der Waals surface area contributed by atoms with Gasteiger partial charge in [0.05, 0.1) is 12.9 Å². The maximum absolute atomic E-state index is 13.2. The van der Waals surface area contributed by atoms with E-state index >= 15 is 0 Å². The van der Waals surface area contributed by atoms with Crippen LogP contribution in [0.4, 0.5) is 10.1 Å². The first kappa shape index (κ1) is 23.4. The average molecular weight is 480 g/mol. The summed E-state index contributed by atoms with van der Waals surface area (Å²) in [5.41, 5.74) is 5.75. The second kappa shape index (κ2) is 9.70. The van der Waals surface area contributed by atoms with Gasteiger partial charge in [0.1, 0.15) is 17.1 Å². The molecule has 1 N–H and O–H groups in total. The van der Waals surface area contributed by atoms with Crippen LogP contribution in [0.5, 0.6) is 5.75 Å². The fraction of sp³-hybridized carbons (Fsp3) is 0.129. The summed E-state index contributed by atoms with van der Waals surface area (Å²) in [6.07, 6.45) is 3.31. The number of hydrogen-bond acceptors (Lipinski definition) is 3. The van der Waals surface area contributed by atoms with Crippen molar-refractivity contribution in [3.8, 4) is 16.9 Å². The zero-order valence-corrected chi connectivity index (χ0v) is 20.4. The molecule has 0 bridgehead atoms. The number of anilines is 1. The van der Waals surface area contributed by atoms with Crippen molar-refractivity contribution >= 4 is 38.9 Å². The number of rotatable bonds is 6. The maximum Gasteiger partial charge on any atom is 0.248 e. The zero-order valence-electron chi connectivity index (χ0n) is 20.4. The smallest absolute Gasteiger partial charge is 0.248 e. The minimum Gasteiger partial charge on any atom is -0.493 e. The summed E-state index contributed by atoms with van der Waals surface area (Å²) in [7, 11) is 0. The van der Waals surface area contributed by atoms with Crippen LogP contribution in [0, 0.1) is 12.7 Å². The Morgan fingerprint density at radius 3 is 2.53 bits per heavy atom. The Kier molecular flexibility index (Phi) is 6.30. The maximum atomic E-state index is 13.2. The Hall–Kier alpha value is -4.38. The number of carbonyl (C=O) groups excluding carboxylic acids is 1. The highest BCUT2D eigenvalue weighted by molar-refractivity contribution is 6.06. The summed E-state index contributed by atoms with van der Waals surface area (Å²) < 4.78 is 25.2. The molecule has 36 heavy (non-hydrogen) atoms. The summed E-state index contributed by atoms with van der Waals surface area (Å²) in [6, 6.07) is 22.3. The summed E-state index contributed by atoms with van der Waals surface area (Å²) >= 11 is 0. The number of ether oxygens (including phenoxy) is 1. The summed E-state index contributed by atoms with van der Waals surface area (Å²) in [4.78, 5) is 12.7. The zero-order chi connectivity index (χ0) is 25.2. The van der Waals surface area contributed by atoms with Crippen molar-refractivity contribution in [1.29, 1.82) is 0 Å². The normalized spacial score (nSPS) is 11.7. The number of nitrogens with one attached hydrogen (secondary N) is 1. The van der Waals surface area contributed by atoms with Crippen LogP contribution >= 0.6 is 0 Å². The molecule has 1 amide bonds. The van der Waals surface area contributed by atoms with Crippen LogP contribution in [0.2, 0.25) is 0 Å². The van der Waals surface area contributed by atoms with Gasteiger partial charge in [-0.2, -0.15) is 0 Å². The van der Waals surface area contributed by atoms with E-state index in [-0.39, 0.29) is 11.7 Å². The fourth-order valence-electron chi connectivity index (χ4n) is 4.51. The van der Waals surface area contributed by atoms with Gasteiger partial charge >= 0.3 is 0 Å². The van der Waals surface area contributed by atoms with Crippen molar-refractivity contribution in [2.24, 2.45) is 0 Å². The first-order valence-corrected chi connectivity index (χ1v) is 11.9. The molecule has 0 aliphatic rings. The molecule has 0 aliphatic carbocycles. The summed E-state index contributed by atoms with van der Waals surface area (Å²) in [5, 5.41) is 6.06. The van der Waals surface area contributed by atoms with Crippen molar-refractivity contribution < 1.29 is 18.3 Å². The van der Waals surface area contributed by atoms with Gasteiger partial charge in [0.25, 0.3) is 0 Å². The third kappa shape index (κ3) is 4.48. The molecule has 4 aromatic carbocycles. The SMILES string of the molecule is CCOc1c(/C(C)=C/C(=O)Nc2ccc(F)cc2)cc2c(-c3ccc4ccccc4c3)coc2c1C. The van der Waals surface area contributed by atoms with E-state index in [1.165, 1.54) is 35.7 Å². The van der Waals surface area contributed by atoms with Crippen molar-refractivity contribution in [3.63, 3.8) is 0 Å². The third-order valence-corrected chi connectivity index (χ3v) is 6.28. The number of carbonyl (C=O) groups is 1. The van der Waals surface area contributed by atoms with Gasteiger partial charge in [-0.15, -0.1) is 0 Å². The van der Waals surface area contributed by atoms with Gasteiger partial charge in [0.2, 0.25) is 5.91 Å². The number of hydrogen-bond donors (Lipinski definition) is 1. The quantitative estimate of drug-likeness (QED) is 0.250. The lowest BCUT2D eigenvalue weighted by Crippen LogP contribution is -2.09. The number of fused-ring (bicyclic) bond motifs is 2. The van der Waals surface area contributed by atoms with E-state index in [1.54, 1.807) is 6.26 Å². The minimum absolute atomic E-state index is 0.304. The van der Waals surface area contributed by atoms with E-state index in [1.807, 2.05) is 39.0 Å². The van der Waals surface area contributed by atoms with Gasteiger partial charge in [-0.25, -0.2) is 4.39 Å². The Labute approximate surface area is 209 Å². The highest BCUT2D eigenvalue weighted by Crippen LogP contribution is 2.41. The molecule has 0 radical (unpaired) electrons. The Morgan fingerprint density at radius 1 is 1.03 bits per heavy atom. The van der Waals surface area contributed by atoms with E-state index in [0.717, 1.165) is 44.2 Å². The lowest BCUT2D eigenvalue weighted by Gasteiger charge is -2.15. The standard InChI is InChI=1S/C31H26FNO3/c1-4-35-30-20(3)31-27(28(18-36-31)23-10-9-21-7-5-6-8-22(21)16-23)17-26(30)19(2)15-29(34)33-25-13-11-24(32)12-14-25/h5-18H,4H2,1-3H3,(H,33,34)/b19-15+. The molecule has 0 unspecified atom stereocenters. The van der Waals surface area contributed by atoms with Crippen LogP contribution in [0.1, 0.15) is 25.0 Å².